The van der Waals surface area contributed by atoms with Gasteiger partial charge < -0.3 is 0 Å². The molecule has 1 aromatic rings. The molecule has 4 nitrogen and oxygen atoms in total. The molecule has 76 valence electrons. The van der Waals surface area contributed by atoms with Crippen LogP contribution in [0, 0.1) is 0 Å². The van der Waals surface area contributed by atoms with Crippen LogP contribution in [-0.2, 0) is 21.0 Å². The van der Waals surface area contributed by atoms with Crippen LogP contribution in [0.5, 0.6) is 0 Å². The van der Waals surface area contributed by atoms with Gasteiger partial charge in [0.25, 0.3) is 0 Å². The first-order valence-electron chi connectivity index (χ1n) is 4.37. The maximum Gasteiger partial charge on any atom is 0.338 e. The van der Waals surface area contributed by atoms with Gasteiger partial charge in [-0.2, -0.15) is 12.7 Å². The number of nitrogens with zero attached hydrogens (tertiary/aromatic N) is 1. The Balaban J connectivity index is 2.13. The van der Waals surface area contributed by atoms with E-state index in [-0.39, 0.29) is 6.61 Å². The predicted octanol–water partition coefficient (Wildman–Crippen LogP) is 0.764. The van der Waals surface area contributed by atoms with Crippen LogP contribution in [0.4, 0.5) is 0 Å². The van der Waals surface area contributed by atoms with Gasteiger partial charge in [-0.05, 0) is 5.56 Å². The van der Waals surface area contributed by atoms with Crippen LogP contribution in [0.1, 0.15) is 5.56 Å². The summed E-state index contributed by atoms with van der Waals surface area (Å²) in [6.07, 6.45) is 0. The molecule has 1 heterocycles. The van der Waals surface area contributed by atoms with Crippen molar-refractivity contribution >= 4 is 10.3 Å². The van der Waals surface area contributed by atoms with E-state index in [0.29, 0.717) is 13.1 Å². The highest BCUT2D eigenvalue weighted by Crippen LogP contribution is 2.15. The number of hydrogen-bond donors (Lipinski definition) is 0. The quantitative estimate of drug-likeness (QED) is 0.728. The zero-order valence-electron chi connectivity index (χ0n) is 7.59. The molecule has 0 spiro atoms. The largest absolute Gasteiger partial charge is 0.338 e. The summed E-state index contributed by atoms with van der Waals surface area (Å²) in [7, 11) is -3.45. The van der Waals surface area contributed by atoms with Gasteiger partial charge in [0.1, 0.15) is 0 Å². The first-order chi connectivity index (χ1) is 6.68. The molecule has 0 atom stereocenters. The normalized spacial score (nSPS) is 21.1. The van der Waals surface area contributed by atoms with Crippen molar-refractivity contribution in [3.63, 3.8) is 0 Å². The Labute approximate surface area is 83.4 Å². The molecule has 0 bridgehead atoms. The average molecular weight is 213 g/mol. The molecule has 0 N–H and O–H groups in total. The van der Waals surface area contributed by atoms with Crippen LogP contribution in [0.25, 0.3) is 0 Å². The van der Waals surface area contributed by atoms with Gasteiger partial charge in [-0.3, -0.25) is 4.18 Å². The van der Waals surface area contributed by atoms with Crippen LogP contribution in [0.15, 0.2) is 30.3 Å². The van der Waals surface area contributed by atoms with E-state index in [9.17, 15) is 8.42 Å². The summed E-state index contributed by atoms with van der Waals surface area (Å²) < 4.78 is 28.5. The van der Waals surface area contributed by atoms with Crippen molar-refractivity contribution < 1.29 is 12.6 Å². The van der Waals surface area contributed by atoms with E-state index < -0.39 is 10.3 Å². The fourth-order valence-electron chi connectivity index (χ4n) is 1.38. The lowest BCUT2D eigenvalue weighted by Crippen LogP contribution is -2.24. The van der Waals surface area contributed by atoms with Crippen molar-refractivity contribution in [2.45, 2.75) is 6.54 Å². The second-order valence-electron chi connectivity index (χ2n) is 3.10. The Morgan fingerprint density at radius 2 is 2.00 bits per heavy atom. The fourth-order valence-corrected chi connectivity index (χ4v) is 2.42. The smallest absolute Gasteiger partial charge is 0.257 e. The molecule has 0 radical (unpaired) electrons. The Morgan fingerprint density at radius 3 is 2.57 bits per heavy atom. The molecule has 0 unspecified atom stereocenters. The summed E-state index contributed by atoms with van der Waals surface area (Å²) in [5, 5.41) is 0. The van der Waals surface area contributed by atoms with E-state index in [4.69, 9.17) is 0 Å². The second-order valence-corrected chi connectivity index (χ2v) is 4.71. The van der Waals surface area contributed by atoms with Gasteiger partial charge in [0.05, 0.1) is 6.61 Å². The molecule has 2 rings (SSSR count). The molecule has 0 aliphatic carbocycles. The Morgan fingerprint density at radius 1 is 1.29 bits per heavy atom. The van der Waals surface area contributed by atoms with Crippen molar-refractivity contribution in [3.05, 3.63) is 35.9 Å². The molecular formula is C9H11NO3S. The Hall–Kier alpha value is -0.910. The van der Waals surface area contributed by atoms with Crippen LogP contribution in [0.3, 0.4) is 0 Å². The van der Waals surface area contributed by atoms with Crippen LogP contribution in [0.2, 0.25) is 0 Å². The summed E-state index contributed by atoms with van der Waals surface area (Å²) in [4.78, 5) is 0. The summed E-state index contributed by atoms with van der Waals surface area (Å²) >= 11 is 0. The van der Waals surface area contributed by atoms with Crippen molar-refractivity contribution in [2.24, 2.45) is 0 Å². The maximum atomic E-state index is 11.3. The molecule has 1 aliphatic heterocycles. The van der Waals surface area contributed by atoms with Gasteiger partial charge in [0.2, 0.25) is 0 Å². The highest BCUT2D eigenvalue weighted by molar-refractivity contribution is 7.84. The van der Waals surface area contributed by atoms with Crippen LogP contribution < -0.4 is 0 Å². The van der Waals surface area contributed by atoms with Gasteiger partial charge in [0.15, 0.2) is 0 Å². The minimum absolute atomic E-state index is 0.259. The zero-order chi connectivity index (χ0) is 10.0. The SMILES string of the molecule is O=S1(=O)OCCN1Cc1ccccc1. The summed E-state index contributed by atoms with van der Waals surface area (Å²) in [5.41, 5.74) is 0.974. The van der Waals surface area contributed by atoms with Crippen LogP contribution in [-0.4, -0.2) is 25.9 Å². The first kappa shape index (κ1) is 9.64. The van der Waals surface area contributed by atoms with Gasteiger partial charge in [-0.15, -0.1) is 0 Å². The van der Waals surface area contributed by atoms with Gasteiger partial charge >= 0.3 is 10.3 Å². The molecule has 0 aromatic heterocycles. The molecule has 1 aliphatic rings. The standard InChI is InChI=1S/C9H11NO3S/c11-14(12)10(6-7-13-14)8-9-4-2-1-3-5-9/h1-5H,6-8H2. The van der Waals surface area contributed by atoms with E-state index in [1.54, 1.807) is 0 Å². The van der Waals surface area contributed by atoms with Crippen molar-refractivity contribution in [2.75, 3.05) is 13.2 Å². The van der Waals surface area contributed by atoms with Gasteiger partial charge in [-0.25, -0.2) is 0 Å². The predicted molar refractivity (Wildman–Crippen MR) is 51.7 cm³/mol. The number of hydrogen-bond acceptors (Lipinski definition) is 3. The minimum atomic E-state index is -3.45. The monoisotopic (exact) mass is 213 g/mol. The first-order valence-corrected chi connectivity index (χ1v) is 5.73. The number of benzene rings is 1. The highest BCUT2D eigenvalue weighted by atomic mass is 32.2. The molecule has 1 saturated heterocycles. The lowest BCUT2D eigenvalue weighted by atomic mass is 10.2. The van der Waals surface area contributed by atoms with E-state index >= 15 is 0 Å². The van der Waals surface area contributed by atoms with Crippen LogP contribution >= 0.6 is 0 Å². The van der Waals surface area contributed by atoms with Crippen molar-refractivity contribution in [1.82, 2.24) is 4.31 Å². The molecule has 0 saturated carbocycles. The third-order valence-corrected chi connectivity index (χ3v) is 3.50. The molecule has 5 heteroatoms. The summed E-state index contributed by atoms with van der Waals surface area (Å²) in [6, 6.07) is 9.47. The average Bonchev–Trinajstić information content (AvgIpc) is 2.48. The van der Waals surface area contributed by atoms with Crippen molar-refractivity contribution in [1.29, 1.82) is 0 Å². The molecular weight excluding hydrogens is 202 g/mol. The topological polar surface area (TPSA) is 46.6 Å². The zero-order valence-corrected chi connectivity index (χ0v) is 8.40. The Kier molecular flexibility index (Phi) is 2.54. The third-order valence-electron chi connectivity index (χ3n) is 2.09. The molecule has 1 aromatic carbocycles. The summed E-state index contributed by atoms with van der Waals surface area (Å²) in [6.45, 7) is 1.09. The Bertz CT molecular complexity index is 401. The lowest BCUT2D eigenvalue weighted by Gasteiger charge is -2.11. The van der Waals surface area contributed by atoms with E-state index in [1.165, 1.54) is 4.31 Å². The fraction of sp³-hybridized carbons (Fsp3) is 0.333. The van der Waals surface area contributed by atoms with E-state index in [1.807, 2.05) is 30.3 Å². The van der Waals surface area contributed by atoms with E-state index in [2.05, 4.69) is 4.18 Å². The maximum absolute atomic E-state index is 11.3. The summed E-state index contributed by atoms with van der Waals surface area (Å²) in [5.74, 6) is 0. The molecule has 0 amide bonds. The highest BCUT2D eigenvalue weighted by Gasteiger charge is 2.29. The minimum Gasteiger partial charge on any atom is -0.257 e. The lowest BCUT2D eigenvalue weighted by molar-refractivity contribution is 0.362. The van der Waals surface area contributed by atoms with Gasteiger partial charge in [-0.1, -0.05) is 30.3 Å². The van der Waals surface area contributed by atoms with Gasteiger partial charge in [0, 0.05) is 13.1 Å². The third kappa shape index (κ3) is 1.95. The van der Waals surface area contributed by atoms with Crippen molar-refractivity contribution in [3.8, 4) is 0 Å². The van der Waals surface area contributed by atoms with E-state index in [0.717, 1.165) is 5.56 Å². The number of rotatable bonds is 2. The second kappa shape index (κ2) is 3.68. The molecule has 1 fully saturated rings. The molecule has 14 heavy (non-hydrogen) atoms.